The Balaban J connectivity index is 2.11. The Hall–Kier alpha value is -2.27. The molecule has 0 atom stereocenters. The summed E-state index contributed by atoms with van der Waals surface area (Å²) in [5.74, 6) is 1.05. The molecule has 4 nitrogen and oxygen atoms in total. The van der Waals surface area contributed by atoms with Crippen LogP contribution in [0.1, 0.15) is 0 Å². The lowest BCUT2D eigenvalue weighted by Gasteiger charge is -2.03. The van der Waals surface area contributed by atoms with Gasteiger partial charge in [0, 0.05) is 28.4 Å². The third-order valence-electron chi connectivity index (χ3n) is 3.02. The van der Waals surface area contributed by atoms with Crippen molar-refractivity contribution in [3.05, 3.63) is 48.8 Å². The Morgan fingerprint density at radius 1 is 1.10 bits per heavy atom. The van der Waals surface area contributed by atoms with E-state index in [0.717, 1.165) is 16.7 Å². The van der Waals surface area contributed by atoms with Crippen LogP contribution in [0.5, 0.6) is 0 Å². The van der Waals surface area contributed by atoms with E-state index in [1.54, 1.807) is 24.2 Å². The van der Waals surface area contributed by atoms with Crippen molar-refractivity contribution < 1.29 is 4.52 Å². The van der Waals surface area contributed by atoms with Crippen molar-refractivity contribution in [2.75, 3.05) is 12.0 Å². The summed E-state index contributed by atoms with van der Waals surface area (Å²) >= 11 is 1.70. The zero-order chi connectivity index (χ0) is 13.9. The van der Waals surface area contributed by atoms with Crippen LogP contribution in [-0.4, -0.2) is 16.4 Å². The van der Waals surface area contributed by atoms with Crippen LogP contribution < -0.4 is 5.73 Å². The average Bonchev–Trinajstić information content (AvgIpc) is 2.90. The van der Waals surface area contributed by atoms with Crippen LogP contribution in [0.3, 0.4) is 0 Å². The molecular weight excluding hydrogens is 270 g/mol. The number of benzene rings is 1. The maximum absolute atomic E-state index is 5.93. The molecule has 0 bridgehead atoms. The molecule has 2 heterocycles. The van der Waals surface area contributed by atoms with Crippen LogP contribution in [0.2, 0.25) is 0 Å². The van der Waals surface area contributed by atoms with E-state index in [1.807, 2.05) is 42.7 Å². The van der Waals surface area contributed by atoms with Crippen molar-refractivity contribution in [1.82, 2.24) is 10.1 Å². The number of aromatic nitrogens is 2. The van der Waals surface area contributed by atoms with Gasteiger partial charge in [-0.15, -0.1) is 11.8 Å². The van der Waals surface area contributed by atoms with E-state index in [1.165, 1.54) is 4.90 Å². The number of nitrogens with two attached hydrogens (primary N) is 1. The molecule has 0 amide bonds. The molecule has 2 N–H and O–H groups in total. The molecule has 100 valence electrons. The van der Waals surface area contributed by atoms with Crippen molar-refractivity contribution in [1.29, 1.82) is 0 Å². The van der Waals surface area contributed by atoms with Crippen molar-refractivity contribution in [3.63, 3.8) is 0 Å². The quantitative estimate of drug-likeness (QED) is 0.742. The third-order valence-corrected chi connectivity index (χ3v) is 3.76. The standard InChI is InChI=1S/C15H13N3OS/c1-20-12-6-4-10(5-7-12)14-13(15(16)18-19-14)11-3-2-8-17-9-11/h2-9H,1H3,(H2,16,18). The molecule has 0 aliphatic carbocycles. The second-order valence-corrected chi connectivity index (χ2v) is 5.12. The van der Waals surface area contributed by atoms with E-state index in [-0.39, 0.29) is 0 Å². The highest BCUT2D eigenvalue weighted by molar-refractivity contribution is 7.98. The molecule has 5 heteroatoms. The second kappa shape index (κ2) is 5.38. The molecule has 0 fully saturated rings. The molecular formula is C15H13N3OS. The molecule has 0 aliphatic heterocycles. The van der Waals surface area contributed by atoms with Gasteiger partial charge in [-0.3, -0.25) is 4.98 Å². The minimum atomic E-state index is 0.377. The number of nitrogens with zero attached hydrogens (tertiary/aromatic N) is 2. The van der Waals surface area contributed by atoms with Crippen LogP contribution in [0, 0.1) is 0 Å². The Labute approximate surface area is 121 Å². The minimum absolute atomic E-state index is 0.377. The lowest BCUT2D eigenvalue weighted by molar-refractivity contribution is 0.436. The minimum Gasteiger partial charge on any atom is -0.380 e. The van der Waals surface area contributed by atoms with E-state index in [9.17, 15) is 0 Å². The Morgan fingerprint density at radius 2 is 1.90 bits per heavy atom. The molecule has 0 saturated heterocycles. The molecule has 1 aromatic carbocycles. The van der Waals surface area contributed by atoms with Crippen LogP contribution in [0.4, 0.5) is 5.82 Å². The summed E-state index contributed by atoms with van der Waals surface area (Å²) < 4.78 is 5.40. The molecule has 3 aromatic rings. The summed E-state index contributed by atoms with van der Waals surface area (Å²) in [6.07, 6.45) is 5.52. The Bertz CT molecular complexity index is 708. The number of hydrogen-bond acceptors (Lipinski definition) is 5. The van der Waals surface area contributed by atoms with Gasteiger partial charge < -0.3 is 10.3 Å². The van der Waals surface area contributed by atoms with Gasteiger partial charge in [-0.25, -0.2) is 0 Å². The molecule has 0 aliphatic rings. The number of anilines is 1. The molecule has 0 radical (unpaired) electrons. The zero-order valence-corrected chi connectivity index (χ0v) is 11.7. The Morgan fingerprint density at radius 3 is 2.55 bits per heavy atom. The molecule has 0 saturated carbocycles. The van der Waals surface area contributed by atoms with Crippen LogP contribution in [0.15, 0.2) is 58.2 Å². The first kappa shape index (κ1) is 12.7. The first-order valence-corrected chi connectivity index (χ1v) is 7.32. The monoisotopic (exact) mass is 283 g/mol. The highest BCUT2D eigenvalue weighted by Crippen LogP contribution is 2.36. The van der Waals surface area contributed by atoms with Gasteiger partial charge in [0.15, 0.2) is 11.6 Å². The summed E-state index contributed by atoms with van der Waals surface area (Å²) in [6, 6.07) is 11.9. The maximum Gasteiger partial charge on any atom is 0.176 e. The normalized spacial score (nSPS) is 10.7. The first-order valence-electron chi connectivity index (χ1n) is 6.09. The number of pyridine rings is 1. The predicted octanol–water partition coefficient (Wildman–Crippen LogP) is 3.71. The highest BCUT2D eigenvalue weighted by atomic mass is 32.2. The Kier molecular flexibility index (Phi) is 3.43. The van der Waals surface area contributed by atoms with Crippen molar-refractivity contribution in [3.8, 4) is 22.5 Å². The van der Waals surface area contributed by atoms with Crippen LogP contribution >= 0.6 is 11.8 Å². The smallest absolute Gasteiger partial charge is 0.176 e. The molecule has 0 unspecified atom stereocenters. The number of nitrogen functional groups attached to an aromatic ring is 1. The molecule has 3 rings (SSSR count). The largest absolute Gasteiger partial charge is 0.380 e. The topological polar surface area (TPSA) is 64.9 Å². The average molecular weight is 283 g/mol. The molecule has 20 heavy (non-hydrogen) atoms. The third kappa shape index (κ3) is 2.28. The van der Waals surface area contributed by atoms with Gasteiger partial charge in [0.2, 0.25) is 0 Å². The highest BCUT2D eigenvalue weighted by Gasteiger charge is 2.17. The predicted molar refractivity (Wildman–Crippen MR) is 81.4 cm³/mol. The maximum atomic E-state index is 5.93. The lowest BCUT2D eigenvalue weighted by Crippen LogP contribution is -1.89. The molecule has 2 aromatic heterocycles. The summed E-state index contributed by atoms with van der Waals surface area (Å²) in [6.45, 7) is 0. The second-order valence-electron chi connectivity index (χ2n) is 4.24. The molecule has 0 spiro atoms. The van der Waals surface area contributed by atoms with E-state index < -0.39 is 0 Å². The summed E-state index contributed by atoms with van der Waals surface area (Å²) in [5, 5.41) is 3.88. The van der Waals surface area contributed by atoms with E-state index in [0.29, 0.717) is 11.6 Å². The number of thioether (sulfide) groups is 1. The van der Waals surface area contributed by atoms with Gasteiger partial charge in [-0.2, -0.15) is 0 Å². The first-order chi connectivity index (χ1) is 9.79. The van der Waals surface area contributed by atoms with Crippen LogP contribution in [0.25, 0.3) is 22.5 Å². The fourth-order valence-corrected chi connectivity index (χ4v) is 2.44. The zero-order valence-electron chi connectivity index (χ0n) is 10.9. The summed E-state index contributed by atoms with van der Waals surface area (Å²) in [7, 11) is 0. The van der Waals surface area contributed by atoms with Crippen molar-refractivity contribution >= 4 is 17.6 Å². The SMILES string of the molecule is CSc1ccc(-c2onc(N)c2-c2cccnc2)cc1. The van der Waals surface area contributed by atoms with E-state index >= 15 is 0 Å². The van der Waals surface area contributed by atoms with Crippen molar-refractivity contribution in [2.24, 2.45) is 0 Å². The lowest BCUT2D eigenvalue weighted by atomic mass is 10.0. The van der Waals surface area contributed by atoms with Gasteiger partial charge in [0.05, 0.1) is 5.56 Å². The van der Waals surface area contributed by atoms with Gasteiger partial charge in [-0.1, -0.05) is 11.2 Å². The fourth-order valence-electron chi connectivity index (χ4n) is 2.03. The van der Waals surface area contributed by atoms with Crippen LogP contribution in [-0.2, 0) is 0 Å². The summed E-state index contributed by atoms with van der Waals surface area (Å²) in [5.41, 5.74) is 8.57. The van der Waals surface area contributed by atoms with Crippen molar-refractivity contribution in [2.45, 2.75) is 4.90 Å². The van der Waals surface area contributed by atoms with E-state index in [2.05, 4.69) is 10.1 Å². The van der Waals surface area contributed by atoms with Gasteiger partial charge in [0.25, 0.3) is 0 Å². The number of hydrogen-bond donors (Lipinski definition) is 1. The van der Waals surface area contributed by atoms with Gasteiger partial charge in [0.1, 0.15) is 0 Å². The number of rotatable bonds is 3. The fraction of sp³-hybridized carbons (Fsp3) is 0.0667. The summed E-state index contributed by atoms with van der Waals surface area (Å²) in [4.78, 5) is 5.31. The van der Waals surface area contributed by atoms with E-state index in [4.69, 9.17) is 10.3 Å². The van der Waals surface area contributed by atoms with Gasteiger partial charge >= 0.3 is 0 Å². The van der Waals surface area contributed by atoms with Gasteiger partial charge in [-0.05, 0) is 36.6 Å².